The van der Waals surface area contributed by atoms with Gasteiger partial charge in [0.2, 0.25) is 0 Å². The van der Waals surface area contributed by atoms with Crippen LogP contribution in [0.1, 0.15) is 0 Å². The number of anilines is 1. The smallest absolute Gasteiger partial charge is 0.181 e. The zero-order valence-electron chi connectivity index (χ0n) is 7.56. The molecule has 74 valence electrons. The summed E-state index contributed by atoms with van der Waals surface area (Å²) in [6, 6.07) is 6.17. The first-order valence-corrected chi connectivity index (χ1v) is 6.09. The summed E-state index contributed by atoms with van der Waals surface area (Å²) >= 11 is 3.28. The maximum atomic E-state index is 5.62. The molecule has 0 saturated heterocycles. The monoisotopic (exact) mass is 225 g/mol. The number of hydrogen-bond donors (Lipinski definition) is 2. The summed E-state index contributed by atoms with van der Waals surface area (Å²) in [6.07, 6.45) is 0. The molecule has 0 aliphatic carbocycles. The summed E-state index contributed by atoms with van der Waals surface area (Å²) in [4.78, 5) is 5.43. The highest BCUT2D eigenvalue weighted by molar-refractivity contribution is 7.99. The van der Waals surface area contributed by atoms with E-state index in [9.17, 15) is 0 Å². The summed E-state index contributed by atoms with van der Waals surface area (Å²) < 4.78 is 1.14. The van der Waals surface area contributed by atoms with Gasteiger partial charge in [0.1, 0.15) is 0 Å². The quantitative estimate of drug-likeness (QED) is 0.783. The van der Waals surface area contributed by atoms with Gasteiger partial charge in [-0.15, -0.1) is 11.8 Å². The molecule has 1 heterocycles. The van der Waals surface area contributed by atoms with Crippen LogP contribution in [0.4, 0.5) is 5.13 Å². The largest absolute Gasteiger partial charge is 0.375 e. The van der Waals surface area contributed by atoms with Gasteiger partial charge in [-0.1, -0.05) is 11.3 Å². The van der Waals surface area contributed by atoms with Crippen molar-refractivity contribution in [3.63, 3.8) is 0 Å². The van der Waals surface area contributed by atoms with Crippen molar-refractivity contribution >= 4 is 38.4 Å². The minimum absolute atomic E-state index is 0.626. The first-order valence-electron chi connectivity index (χ1n) is 4.28. The van der Waals surface area contributed by atoms with Gasteiger partial charge in [0.25, 0.3) is 0 Å². The zero-order chi connectivity index (χ0) is 9.97. The lowest BCUT2D eigenvalue weighted by Crippen LogP contribution is -2.00. The van der Waals surface area contributed by atoms with Crippen molar-refractivity contribution in [1.82, 2.24) is 4.98 Å². The van der Waals surface area contributed by atoms with Crippen LogP contribution in [-0.2, 0) is 0 Å². The van der Waals surface area contributed by atoms with Gasteiger partial charge >= 0.3 is 0 Å². The molecule has 14 heavy (non-hydrogen) atoms. The van der Waals surface area contributed by atoms with Crippen LogP contribution in [0, 0.1) is 0 Å². The van der Waals surface area contributed by atoms with Crippen molar-refractivity contribution in [3.8, 4) is 0 Å². The van der Waals surface area contributed by atoms with Crippen molar-refractivity contribution in [2.24, 2.45) is 5.73 Å². The number of nitrogen functional groups attached to an aromatic ring is 1. The molecular weight excluding hydrogens is 214 g/mol. The molecule has 3 nitrogen and oxygen atoms in total. The van der Waals surface area contributed by atoms with Crippen LogP contribution in [-0.4, -0.2) is 17.3 Å². The Morgan fingerprint density at radius 1 is 1.43 bits per heavy atom. The van der Waals surface area contributed by atoms with Crippen molar-refractivity contribution in [2.45, 2.75) is 4.90 Å². The summed E-state index contributed by atoms with van der Waals surface area (Å²) in [5.41, 5.74) is 12.0. The van der Waals surface area contributed by atoms with Crippen LogP contribution in [0.15, 0.2) is 23.1 Å². The van der Waals surface area contributed by atoms with Crippen molar-refractivity contribution in [3.05, 3.63) is 18.2 Å². The molecule has 0 fully saturated rings. The second kappa shape index (κ2) is 4.16. The van der Waals surface area contributed by atoms with Gasteiger partial charge in [-0.25, -0.2) is 4.98 Å². The van der Waals surface area contributed by atoms with Crippen molar-refractivity contribution < 1.29 is 0 Å². The predicted octanol–water partition coefficient (Wildman–Crippen LogP) is 1.93. The van der Waals surface area contributed by atoms with E-state index in [2.05, 4.69) is 17.1 Å². The number of aromatic nitrogens is 1. The van der Waals surface area contributed by atoms with E-state index in [1.54, 1.807) is 11.8 Å². The van der Waals surface area contributed by atoms with E-state index in [1.807, 2.05) is 6.07 Å². The molecule has 5 heteroatoms. The molecule has 0 aliphatic rings. The predicted molar refractivity (Wildman–Crippen MR) is 63.8 cm³/mol. The second-order valence-electron chi connectivity index (χ2n) is 2.82. The molecule has 1 aromatic heterocycles. The standard InChI is InChI=1S/C9H11N3S2/c10-3-4-13-6-1-2-7-8(5-6)14-9(11)12-7/h1-2,5H,3-4,10H2,(H2,11,12). The number of nitrogens with zero attached hydrogens (tertiary/aromatic N) is 1. The minimum atomic E-state index is 0.626. The fraction of sp³-hybridized carbons (Fsp3) is 0.222. The van der Waals surface area contributed by atoms with Crippen LogP contribution >= 0.6 is 23.1 Å². The summed E-state index contributed by atoms with van der Waals surface area (Å²) in [6.45, 7) is 0.702. The molecule has 0 saturated carbocycles. The van der Waals surface area contributed by atoms with E-state index in [0.29, 0.717) is 11.7 Å². The highest BCUT2D eigenvalue weighted by Crippen LogP contribution is 2.28. The third kappa shape index (κ3) is 2.00. The van der Waals surface area contributed by atoms with Gasteiger partial charge < -0.3 is 11.5 Å². The van der Waals surface area contributed by atoms with E-state index >= 15 is 0 Å². The number of benzene rings is 1. The Balaban J connectivity index is 2.31. The number of fused-ring (bicyclic) bond motifs is 1. The van der Waals surface area contributed by atoms with Gasteiger partial charge in [0, 0.05) is 17.2 Å². The molecule has 2 rings (SSSR count). The zero-order valence-corrected chi connectivity index (χ0v) is 9.20. The Morgan fingerprint density at radius 3 is 3.07 bits per heavy atom. The van der Waals surface area contributed by atoms with Gasteiger partial charge in [-0.2, -0.15) is 0 Å². The average molecular weight is 225 g/mol. The van der Waals surface area contributed by atoms with Crippen LogP contribution in [0.25, 0.3) is 10.2 Å². The maximum Gasteiger partial charge on any atom is 0.181 e. The van der Waals surface area contributed by atoms with Crippen LogP contribution in [0.2, 0.25) is 0 Å². The van der Waals surface area contributed by atoms with Crippen molar-refractivity contribution in [2.75, 3.05) is 18.0 Å². The molecular formula is C9H11N3S2. The van der Waals surface area contributed by atoms with Crippen LogP contribution < -0.4 is 11.5 Å². The molecule has 0 bridgehead atoms. The Morgan fingerprint density at radius 2 is 2.29 bits per heavy atom. The Kier molecular flexibility index (Phi) is 2.90. The maximum absolute atomic E-state index is 5.62. The molecule has 0 unspecified atom stereocenters. The SMILES string of the molecule is NCCSc1ccc2nc(N)sc2c1. The fourth-order valence-corrected chi connectivity index (χ4v) is 2.76. The lowest BCUT2D eigenvalue weighted by molar-refractivity contribution is 1.15. The van der Waals surface area contributed by atoms with E-state index in [1.165, 1.54) is 16.2 Å². The number of nitrogens with two attached hydrogens (primary N) is 2. The van der Waals surface area contributed by atoms with E-state index in [0.717, 1.165) is 16.0 Å². The fourth-order valence-electron chi connectivity index (χ4n) is 1.19. The summed E-state index contributed by atoms with van der Waals surface area (Å²) in [5.74, 6) is 0.944. The third-order valence-electron chi connectivity index (χ3n) is 1.76. The molecule has 2 aromatic rings. The number of hydrogen-bond acceptors (Lipinski definition) is 5. The number of thiazole rings is 1. The Hall–Kier alpha value is -0.780. The summed E-state index contributed by atoms with van der Waals surface area (Å²) in [7, 11) is 0. The third-order valence-corrected chi connectivity index (χ3v) is 3.64. The molecule has 0 radical (unpaired) electrons. The van der Waals surface area contributed by atoms with Crippen LogP contribution in [0.3, 0.4) is 0 Å². The molecule has 0 amide bonds. The lowest BCUT2D eigenvalue weighted by atomic mass is 10.3. The molecule has 0 aliphatic heterocycles. The molecule has 4 N–H and O–H groups in total. The molecule has 1 aromatic carbocycles. The molecule has 0 spiro atoms. The highest BCUT2D eigenvalue weighted by atomic mass is 32.2. The summed E-state index contributed by atoms with van der Waals surface area (Å²) in [5, 5.41) is 0.626. The highest BCUT2D eigenvalue weighted by Gasteiger charge is 2.01. The Bertz CT molecular complexity index is 439. The van der Waals surface area contributed by atoms with E-state index in [-0.39, 0.29) is 0 Å². The molecule has 0 atom stereocenters. The van der Waals surface area contributed by atoms with Crippen LogP contribution in [0.5, 0.6) is 0 Å². The van der Waals surface area contributed by atoms with Gasteiger partial charge in [0.05, 0.1) is 10.2 Å². The number of rotatable bonds is 3. The second-order valence-corrected chi connectivity index (χ2v) is 5.05. The van der Waals surface area contributed by atoms with Crippen molar-refractivity contribution in [1.29, 1.82) is 0 Å². The van der Waals surface area contributed by atoms with Gasteiger partial charge in [0.15, 0.2) is 5.13 Å². The topological polar surface area (TPSA) is 64.9 Å². The first kappa shape index (κ1) is 9.76. The first-order chi connectivity index (χ1) is 6.79. The van der Waals surface area contributed by atoms with E-state index < -0.39 is 0 Å². The Labute approximate surface area is 90.5 Å². The lowest BCUT2D eigenvalue weighted by Gasteiger charge is -1.98. The normalized spacial score (nSPS) is 10.9. The number of thioether (sulfide) groups is 1. The van der Waals surface area contributed by atoms with E-state index in [4.69, 9.17) is 11.5 Å². The average Bonchev–Trinajstić information content (AvgIpc) is 2.54. The van der Waals surface area contributed by atoms with Gasteiger partial charge in [-0.05, 0) is 18.2 Å². The minimum Gasteiger partial charge on any atom is -0.375 e. The van der Waals surface area contributed by atoms with Gasteiger partial charge in [-0.3, -0.25) is 0 Å².